The number of ether oxygens (including phenoxy) is 2. The van der Waals surface area contributed by atoms with Crippen molar-refractivity contribution < 1.29 is 14.3 Å². The molecule has 2 aromatic carbocycles. The molecule has 1 amide bonds. The molecule has 0 aliphatic rings. The zero-order chi connectivity index (χ0) is 23.6. The summed E-state index contributed by atoms with van der Waals surface area (Å²) in [6.07, 6.45) is 1.58. The van der Waals surface area contributed by atoms with Crippen LogP contribution in [-0.4, -0.2) is 34.4 Å². The average Bonchev–Trinajstić information content (AvgIpc) is 2.77. The van der Waals surface area contributed by atoms with E-state index in [0.717, 1.165) is 26.1 Å². The van der Waals surface area contributed by atoms with Gasteiger partial charge in [-0.15, -0.1) is 0 Å². The van der Waals surface area contributed by atoms with Crippen molar-refractivity contribution >= 4 is 46.5 Å². The Hall–Kier alpha value is -2.66. The van der Waals surface area contributed by atoms with Crippen molar-refractivity contribution in [3.05, 3.63) is 74.6 Å². The predicted molar refractivity (Wildman–Crippen MR) is 139 cm³/mol. The van der Waals surface area contributed by atoms with Gasteiger partial charge in [0.2, 0.25) is 0 Å². The molecule has 3 aromatic rings. The van der Waals surface area contributed by atoms with Gasteiger partial charge in [-0.3, -0.25) is 4.79 Å². The first-order valence-electron chi connectivity index (χ1n) is 10.3. The molecule has 0 aliphatic heterocycles. The van der Waals surface area contributed by atoms with Crippen molar-refractivity contribution in [1.29, 1.82) is 0 Å². The second kappa shape index (κ2) is 12.5. The Labute approximate surface area is 211 Å². The molecule has 0 saturated heterocycles. The van der Waals surface area contributed by atoms with Crippen molar-refractivity contribution in [3.8, 4) is 11.5 Å². The number of amides is 1. The number of benzene rings is 2. The summed E-state index contributed by atoms with van der Waals surface area (Å²) in [6.45, 7) is 6.68. The van der Waals surface area contributed by atoms with Gasteiger partial charge in [-0.25, -0.2) is 15.4 Å². The van der Waals surface area contributed by atoms with Crippen LogP contribution in [0.2, 0.25) is 0 Å². The molecule has 172 valence electrons. The van der Waals surface area contributed by atoms with Crippen molar-refractivity contribution in [1.82, 2.24) is 15.4 Å². The number of rotatable bonds is 10. The highest BCUT2D eigenvalue weighted by Gasteiger charge is 2.12. The zero-order valence-electron chi connectivity index (χ0n) is 18.7. The van der Waals surface area contributed by atoms with E-state index in [1.807, 2.05) is 69.3 Å². The Kier molecular flexibility index (Phi) is 9.49. The predicted octanol–water partition coefficient (Wildman–Crippen LogP) is 4.92. The van der Waals surface area contributed by atoms with Crippen LogP contribution >= 0.6 is 34.4 Å². The summed E-state index contributed by atoms with van der Waals surface area (Å²) in [6, 6.07) is 15.6. The molecule has 0 aliphatic carbocycles. The van der Waals surface area contributed by atoms with Crippen molar-refractivity contribution in [2.75, 3.05) is 12.4 Å². The molecule has 1 N–H and O–H groups in total. The second-order valence-corrected chi connectivity index (χ2v) is 9.16. The maximum absolute atomic E-state index is 12.1. The lowest BCUT2D eigenvalue weighted by Crippen LogP contribution is -2.19. The SMILES string of the molecule is CCOc1cc(/C=N\NC(=O)CSc2nc(C)cc(C)n2)cc(I)c1OCc1ccccc1. The van der Waals surface area contributed by atoms with Gasteiger partial charge in [-0.2, -0.15) is 5.10 Å². The molecule has 0 spiro atoms. The van der Waals surface area contributed by atoms with Crippen LogP contribution < -0.4 is 14.9 Å². The summed E-state index contributed by atoms with van der Waals surface area (Å²) in [5.74, 6) is 1.26. The van der Waals surface area contributed by atoms with Crippen LogP contribution in [0.4, 0.5) is 0 Å². The van der Waals surface area contributed by atoms with E-state index in [9.17, 15) is 4.79 Å². The maximum Gasteiger partial charge on any atom is 0.250 e. The van der Waals surface area contributed by atoms with Crippen molar-refractivity contribution in [3.63, 3.8) is 0 Å². The number of hydrogen-bond donors (Lipinski definition) is 1. The van der Waals surface area contributed by atoms with E-state index in [1.54, 1.807) is 6.21 Å². The lowest BCUT2D eigenvalue weighted by atomic mass is 10.2. The molecule has 0 saturated carbocycles. The topological polar surface area (TPSA) is 85.7 Å². The molecular formula is C24H25IN4O3S. The van der Waals surface area contributed by atoms with Gasteiger partial charge in [-0.05, 0) is 72.7 Å². The number of nitrogens with zero attached hydrogens (tertiary/aromatic N) is 3. The van der Waals surface area contributed by atoms with Crippen molar-refractivity contribution in [2.24, 2.45) is 5.10 Å². The Morgan fingerprint density at radius 2 is 1.85 bits per heavy atom. The largest absolute Gasteiger partial charge is 0.490 e. The number of hydrazone groups is 1. The first kappa shape index (κ1) is 25.0. The van der Waals surface area contributed by atoms with Gasteiger partial charge in [0.15, 0.2) is 16.7 Å². The van der Waals surface area contributed by atoms with Crippen LogP contribution in [0.15, 0.2) is 58.8 Å². The molecule has 0 fully saturated rings. The van der Waals surface area contributed by atoms with Gasteiger partial charge in [0.1, 0.15) is 6.61 Å². The van der Waals surface area contributed by atoms with Crippen LogP contribution in [0, 0.1) is 17.4 Å². The minimum Gasteiger partial charge on any atom is -0.490 e. The summed E-state index contributed by atoms with van der Waals surface area (Å²) in [5, 5.41) is 4.65. The number of thioether (sulfide) groups is 1. The second-order valence-electron chi connectivity index (χ2n) is 7.05. The van der Waals surface area contributed by atoms with Crippen LogP contribution in [0.3, 0.4) is 0 Å². The van der Waals surface area contributed by atoms with Crippen LogP contribution in [-0.2, 0) is 11.4 Å². The van der Waals surface area contributed by atoms with E-state index in [0.29, 0.717) is 29.9 Å². The lowest BCUT2D eigenvalue weighted by molar-refractivity contribution is -0.118. The summed E-state index contributed by atoms with van der Waals surface area (Å²) >= 11 is 3.49. The average molecular weight is 576 g/mol. The molecule has 0 bridgehead atoms. The van der Waals surface area contributed by atoms with Gasteiger partial charge in [0.25, 0.3) is 5.91 Å². The van der Waals surface area contributed by atoms with E-state index >= 15 is 0 Å². The number of carbonyl (C=O) groups is 1. The lowest BCUT2D eigenvalue weighted by Gasteiger charge is -2.14. The summed E-state index contributed by atoms with van der Waals surface area (Å²) in [5.41, 5.74) is 6.16. The van der Waals surface area contributed by atoms with Crippen LogP contribution in [0.25, 0.3) is 0 Å². The standard InChI is InChI=1S/C24H25IN4O3S/c1-4-31-21-12-19(11-20(25)23(21)32-14-18-8-6-5-7-9-18)13-26-29-22(30)15-33-24-27-16(2)10-17(3)28-24/h5-13H,4,14-15H2,1-3H3,(H,29,30)/b26-13-. The van der Waals surface area contributed by atoms with E-state index in [4.69, 9.17) is 9.47 Å². The zero-order valence-corrected chi connectivity index (χ0v) is 21.6. The monoisotopic (exact) mass is 576 g/mol. The van der Waals surface area contributed by atoms with Crippen LogP contribution in [0.5, 0.6) is 11.5 Å². The fourth-order valence-electron chi connectivity index (χ4n) is 2.89. The third-order valence-electron chi connectivity index (χ3n) is 4.25. The number of aryl methyl sites for hydroxylation is 2. The van der Waals surface area contributed by atoms with E-state index in [1.165, 1.54) is 11.8 Å². The number of hydrogen-bond acceptors (Lipinski definition) is 7. The molecule has 33 heavy (non-hydrogen) atoms. The molecule has 0 unspecified atom stereocenters. The van der Waals surface area contributed by atoms with Gasteiger partial charge >= 0.3 is 0 Å². The molecule has 1 aromatic heterocycles. The molecule has 1 heterocycles. The third-order valence-corrected chi connectivity index (χ3v) is 5.90. The first-order chi connectivity index (χ1) is 15.9. The summed E-state index contributed by atoms with van der Waals surface area (Å²) < 4.78 is 12.7. The fourth-order valence-corrected chi connectivity index (χ4v) is 4.42. The number of aromatic nitrogens is 2. The fraction of sp³-hybridized carbons (Fsp3) is 0.250. The maximum atomic E-state index is 12.1. The van der Waals surface area contributed by atoms with Gasteiger partial charge < -0.3 is 9.47 Å². The van der Waals surface area contributed by atoms with Gasteiger partial charge in [-0.1, -0.05) is 42.1 Å². The van der Waals surface area contributed by atoms with Gasteiger partial charge in [0, 0.05) is 11.4 Å². The Bertz CT molecular complexity index is 1110. The number of nitrogens with one attached hydrogen (secondary N) is 1. The molecular weight excluding hydrogens is 551 g/mol. The normalized spacial score (nSPS) is 10.9. The Morgan fingerprint density at radius 3 is 2.55 bits per heavy atom. The van der Waals surface area contributed by atoms with E-state index in [2.05, 4.69) is 43.1 Å². The molecule has 9 heteroatoms. The molecule has 0 atom stereocenters. The number of halogens is 1. The molecule has 3 rings (SSSR count). The quantitative estimate of drug-likeness (QED) is 0.121. The van der Waals surface area contributed by atoms with E-state index < -0.39 is 0 Å². The van der Waals surface area contributed by atoms with E-state index in [-0.39, 0.29) is 11.7 Å². The van der Waals surface area contributed by atoms with Crippen LogP contribution in [0.1, 0.15) is 29.4 Å². The summed E-state index contributed by atoms with van der Waals surface area (Å²) in [4.78, 5) is 20.8. The Balaban J connectivity index is 1.60. The molecule has 7 nitrogen and oxygen atoms in total. The minimum absolute atomic E-state index is 0.175. The molecule has 0 radical (unpaired) electrons. The Morgan fingerprint density at radius 1 is 1.12 bits per heavy atom. The highest BCUT2D eigenvalue weighted by molar-refractivity contribution is 14.1. The first-order valence-corrected chi connectivity index (χ1v) is 12.4. The highest BCUT2D eigenvalue weighted by atomic mass is 127. The highest BCUT2D eigenvalue weighted by Crippen LogP contribution is 2.34. The number of carbonyl (C=O) groups excluding carboxylic acids is 1. The minimum atomic E-state index is -0.235. The summed E-state index contributed by atoms with van der Waals surface area (Å²) in [7, 11) is 0. The van der Waals surface area contributed by atoms with Crippen molar-refractivity contribution in [2.45, 2.75) is 32.5 Å². The van der Waals surface area contributed by atoms with Gasteiger partial charge in [0.05, 0.1) is 22.1 Å². The smallest absolute Gasteiger partial charge is 0.250 e. The third kappa shape index (κ3) is 8.01.